The van der Waals surface area contributed by atoms with E-state index < -0.39 is 0 Å². The van der Waals surface area contributed by atoms with Gasteiger partial charge in [0.2, 0.25) is 5.89 Å². The highest BCUT2D eigenvalue weighted by atomic mass is 16.5. The van der Waals surface area contributed by atoms with Crippen molar-refractivity contribution in [1.82, 2.24) is 20.8 Å². The van der Waals surface area contributed by atoms with E-state index in [1.54, 1.807) is 14.0 Å². The molecule has 2 N–H and O–H groups in total. The molecule has 0 bridgehead atoms. The standard InChI is InChI=1S/C18H27N5O/c1-5-18(6-2,15-10-8-7-9-11-15)13-21-17(19-4)20-12-16-22-14(3)24-23-16/h7-11H,5-6,12-13H2,1-4H3,(H2,19,20,21). The first-order chi connectivity index (χ1) is 11.6. The first-order valence-electron chi connectivity index (χ1n) is 8.42. The molecule has 0 saturated carbocycles. The van der Waals surface area contributed by atoms with Gasteiger partial charge in [-0.2, -0.15) is 4.98 Å². The number of rotatable bonds is 7. The van der Waals surface area contributed by atoms with Crippen LogP contribution in [0.5, 0.6) is 0 Å². The summed E-state index contributed by atoms with van der Waals surface area (Å²) in [5.41, 5.74) is 1.44. The third-order valence-electron chi connectivity index (χ3n) is 4.54. The topological polar surface area (TPSA) is 75.3 Å². The van der Waals surface area contributed by atoms with E-state index in [9.17, 15) is 0 Å². The van der Waals surface area contributed by atoms with Crippen LogP contribution < -0.4 is 10.6 Å². The van der Waals surface area contributed by atoms with E-state index in [0.717, 1.165) is 25.3 Å². The smallest absolute Gasteiger partial charge is 0.223 e. The minimum atomic E-state index is 0.0849. The molecule has 1 aromatic carbocycles. The molecule has 130 valence electrons. The number of hydrogen-bond donors (Lipinski definition) is 2. The average Bonchev–Trinajstić information content (AvgIpc) is 3.05. The van der Waals surface area contributed by atoms with Crippen molar-refractivity contribution in [1.29, 1.82) is 0 Å². The quantitative estimate of drug-likeness (QED) is 0.603. The van der Waals surface area contributed by atoms with Crippen LogP contribution >= 0.6 is 0 Å². The molecule has 0 unspecified atom stereocenters. The molecule has 0 aliphatic rings. The fourth-order valence-electron chi connectivity index (χ4n) is 2.85. The fraction of sp³-hybridized carbons (Fsp3) is 0.500. The Bertz CT molecular complexity index is 646. The van der Waals surface area contributed by atoms with Gasteiger partial charge in [0.05, 0.1) is 6.54 Å². The van der Waals surface area contributed by atoms with E-state index in [-0.39, 0.29) is 5.41 Å². The van der Waals surface area contributed by atoms with Crippen LogP contribution in [0.3, 0.4) is 0 Å². The molecule has 1 heterocycles. The number of nitrogens with zero attached hydrogens (tertiary/aromatic N) is 3. The maximum absolute atomic E-state index is 4.98. The SMILES string of the molecule is CCC(CC)(CNC(=NC)NCc1noc(C)n1)c1ccccc1. The summed E-state index contributed by atoms with van der Waals surface area (Å²) in [6.07, 6.45) is 2.11. The van der Waals surface area contributed by atoms with Crippen LogP contribution in [0.2, 0.25) is 0 Å². The highest BCUT2D eigenvalue weighted by Crippen LogP contribution is 2.30. The Morgan fingerprint density at radius 2 is 1.88 bits per heavy atom. The van der Waals surface area contributed by atoms with Crippen LogP contribution in [-0.4, -0.2) is 29.7 Å². The molecule has 6 heteroatoms. The fourth-order valence-corrected chi connectivity index (χ4v) is 2.85. The van der Waals surface area contributed by atoms with Crippen molar-refractivity contribution in [3.05, 3.63) is 47.6 Å². The first-order valence-corrected chi connectivity index (χ1v) is 8.42. The normalized spacial score (nSPS) is 12.2. The van der Waals surface area contributed by atoms with Gasteiger partial charge in [-0.05, 0) is 18.4 Å². The van der Waals surface area contributed by atoms with Crippen LogP contribution in [0.4, 0.5) is 0 Å². The number of benzene rings is 1. The van der Waals surface area contributed by atoms with E-state index >= 15 is 0 Å². The summed E-state index contributed by atoms with van der Waals surface area (Å²) in [5, 5.41) is 10.5. The molecule has 6 nitrogen and oxygen atoms in total. The lowest BCUT2D eigenvalue weighted by molar-refractivity contribution is 0.385. The van der Waals surface area contributed by atoms with Gasteiger partial charge in [-0.1, -0.05) is 49.3 Å². The molecule has 0 radical (unpaired) electrons. The van der Waals surface area contributed by atoms with Crippen molar-refractivity contribution >= 4 is 5.96 Å². The van der Waals surface area contributed by atoms with Crippen molar-refractivity contribution in [2.24, 2.45) is 4.99 Å². The van der Waals surface area contributed by atoms with Gasteiger partial charge in [-0.3, -0.25) is 4.99 Å². The van der Waals surface area contributed by atoms with Crippen LogP contribution in [0.25, 0.3) is 0 Å². The maximum Gasteiger partial charge on any atom is 0.223 e. The summed E-state index contributed by atoms with van der Waals surface area (Å²) in [5.74, 6) is 1.92. The molecule has 0 amide bonds. The summed E-state index contributed by atoms with van der Waals surface area (Å²) in [6.45, 7) is 7.54. The zero-order valence-electron chi connectivity index (χ0n) is 15.0. The van der Waals surface area contributed by atoms with E-state index in [1.165, 1.54) is 5.56 Å². The molecule has 0 atom stereocenters. The molecule has 0 fully saturated rings. The van der Waals surface area contributed by atoms with Crippen molar-refractivity contribution in [2.45, 2.75) is 45.6 Å². The lowest BCUT2D eigenvalue weighted by Crippen LogP contribution is -2.45. The van der Waals surface area contributed by atoms with Crippen molar-refractivity contribution in [2.75, 3.05) is 13.6 Å². The number of nitrogens with one attached hydrogen (secondary N) is 2. The zero-order valence-corrected chi connectivity index (χ0v) is 15.0. The van der Waals surface area contributed by atoms with Gasteiger partial charge in [0.25, 0.3) is 0 Å². The zero-order chi connectivity index (χ0) is 17.4. The minimum absolute atomic E-state index is 0.0849. The van der Waals surface area contributed by atoms with Crippen LogP contribution in [0.15, 0.2) is 39.8 Å². The molecule has 2 aromatic rings. The highest BCUT2D eigenvalue weighted by molar-refractivity contribution is 5.79. The minimum Gasteiger partial charge on any atom is -0.356 e. The van der Waals surface area contributed by atoms with Crippen LogP contribution in [0.1, 0.15) is 44.0 Å². The van der Waals surface area contributed by atoms with Gasteiger partial charge < -0.3 is 15.2 Å². The molecular weight excluding hydrogens is 302 g/mol. The summed E-state index contributed by atoms with van der Waals surface area (Å²) in [4.78, 5) is 8.47. The largest absolute Gasteiger partial charge is 0.356 e. The van der Waals surface area contributed by atoms with Gasteiger partial charge in [0.1, 0.15) is 0 Å². The summed E-state index contributed by atoms with van der Waals surface area (Å²) in [7, 11) is 1.76. The van der Waals surface area contributed by atoms with Crippen molar-refractivity contribution < 1.29 is 4.52 Å². The highest BCUT2D eigenvalue weighted by Gasteiger charge is 2.28. The molecule has 0 aliphatic heterocycles. The molecule has 24 heavy (non-hydrogen) atoms. The Kier molecular flexibility index (Phi) is 6.35. The van der Waals surface area contributed by atoms with E-state index in [4.69, 9.17) is 4.52 Å². The average molecular weight is 329 g/mol. The van der Waals surface area contributed by atoms with Gasteiger partial charge in [0, 0.05) is 25.9 Å². The molecule has 2 rings (SSSR count). The number of hydrogen-bond acceptors (Lipinski definition) is 4. The van der Waals surface area contributed by atoms with Gasteiger partial charge >= 0.3 is 0 Å². The van der Waals surface area contributed by atoms with E-state index in [2.05, 4.69) is 69.9 Å². The monoisotopic (exact) mass is 329 g/mol. The lowest BCUT2D eigenvalue weighted by atomic mass is 9.76. The van der Waals surface area contributed by atoms with Gasteiger partial charge in [-0.15, -0.1) is 0 Å². The second-order valence-corrected chi connectivity index (χ2v) is 5.86. The van der Waals surface area contributed by atoms with Gasteiger partial charge in [-0.25, -0.2) is 0 Å². The molecule has 1 aromatic heterocycles. The molecule has 0 saturated heterocycles. The molecule has 0 spiro atoms. The van der Waals surface area contributed by atoms with Crippen molar-refractivity contribution in [3.63, 3.8) is 0 Å². The number of aliphatic imine (C=N–C) groups is 1. The summed E-state index contributed by atoms with van der Waals surface area (Å²) < 4.78 is 4.98. The number of guanidine groups is 1. The first kappa shape index (κ1) is 18.0. The Balaban J connectivity index is 1.99. The van der Waals surface area contributed by atoms with Crippen molar-refractivity contribution in [3.8, 4) is 0 Å². The summed E-state index contributed by atoms with van der Waals surface area (Å²) in [6, 6.07) is 10.7. The molecular formula is C18H27N5O. The van der Waals surface area contributed by atoms with Crippen LogP contribution in [-0.2, 0) is 12.0 Å². The Hall–Kier alpha value is -2.37. The number of aromatic nitrogens is 2. The maximum atomic E-state index is 4.98. The van der Waals surface area contributed by atoms with E-state index in [0.29, 0.717) is 18.3 Å². The predicted molar refractivity (Wildman–Crippen MR) is 95.9 cm³/mol. The third kappa shape index (κ3) is 4.34. The summed E-state index contributed by atoms with van der Waals surface area (Å²) >= 11 is 0. The number of aryl methyl sites for hydroxylation is 1. The second kappa shape index (κ2) is 8.47. The van der Waals surface area contributed by atoms with E-state index in [1.807, 2.05) is 0 Å². The second-order valence-electron chi connectivity index (χ2n) is 5.86. The third-order valence-corrected chi connectivity index (χ3v) is 4.54. The predicted octanol–water partition coefficient (Wildman–Crippen LogP) is 2.80. The van der Waals surface area contributed by atoms with Crippen LogP contribution in [0, 0.1) is 6.92 Å². The Morgan fingerprint density at radius 3 is 2.42 bits per heavy atom. The van der Waals surface area contributed by atoms with Gasteiger partial charge in [0.15, 0.2) is 11.8 Å². The lowest BCUT2D eigenvalue weighted by Gasteiger charge is -2.33. The molecule has 0 aliphatic carbocycles. The Labute approximate surface area is 143 Å². The Morgan fingerprint density at radius 1 is 1.17 bits per heavy atom.